The standard InChI is InChI=1S/C29H38O2S2/c1-5-9-10-11-12-22-20-27-26(29(6-2,7-3)17-18-32-27)19-23(22)13-14-24-15-16-25(33-24)21-28(30)31-8-4/h15-16,19-20H,5-12,17-18,21H2,1-4H3. The Morgan fingerprint density at radius 2 is 1.88 bits per heavy atom. The fourth-order valence-corrected chi connectivity index (χ4v) is 6.94. The Balaban J connectivity index is 1.91. The van der Waals surface area contributed by atoms with Crippen LogP contribution < -0.4 is 0 Å². The second-order valence-corrected chi connectivity index (χ2v) is 11.2. The highest BCUT2D eigenvalue weighted by Gasteiger charge is 2.34. The van der Waals surface area contributed by atoms with E-state index in [0.717, 1.165) is 16.2 Å². The maximum absolute atomic E-state index is 11.8. The number of unbranched alkanes of at least 4 members (excludes halogenated alkanes) is 3. The van der Waals surface area contributed by atoms with Gasteiger partial charge in [0.05, 0.1) is 17.9 Å². The molecule has 1 aromatic heterocycles. The monoisotopic (exact) mass is 482 g/mol. The molecule has 33 heavy (non-hydrogen) atoms. The van der Waals surface area contributed by atoms with Gasteiger partial charge in [-0.2, -0.15) is 0 Å². The third kappa shape index (κ3) is 6.67. The molecule has 0 fully saturated rings. The molecule has 0 saturated heterocycles. The van der Waals surface area contributed by atoms with Gasteiger partial charge in [0.1, 0.15) is 0 Å². The third-order valence-corrected chi connectivity index (χ3v) is 8.93. The summed E-state index contributed by atoms with van der Waals surface area (Å²) in [7, 11) is 0. The number of hydrogen-bond acceptors (Lipinski definition) is 4. The number of fused-ring (bicyclic) bond motifs is 1. The van der Waals surface area contributed by atoms with E-state index in [1.54, 1.807) is 11.3 Å². The summed E-state index contributed by atoms with van der Waals surface area (Å²) < 4.78 is 5.08. The van der Waals surface area contributed by atoms with E-state index in [1.807, 2.05) is 30.8 Å². The molecule has 4 heteroatoms. The minimum atomic E-state index is -0.170. The molecular formula is C29H38O2S2. The lowest BCUT2D eigenvalue weighted by atomic mass is 9.72. The van der Waals surface area contributed by atoms with E-state index in [2.05, 4.69) is 44.7 Å². The smallest absolute Gasteiger partial charge is 0.311 e. The SMILES string of the molecule is CCCCCCc1cc2c(cc1C#Cc1ccc(CC(=O)OCC)s1)C(CC)(CC)CCS2. The number of thioether (sulfide) groups is 1. The van der Waals surface area contributed by atoms with E-state index in [4.69, 9.17) is 4.74 Å². The number of thiophene rings is 1. The Bertz CT molecular complexity index is 989. The lowest BCUT2D eigenvalue weighted by Gasteiger charge is -2.38. The molecule has 1 aliphatic heterocycles. The van der Waals surface area contributed by atoms with Crippen LogP contribution in [0.1, 0.15) is 99.1 Å². The summed E-state index contributed by atoms with van der Waals surface area (Å²) in [6.07, 6.45) is 10.1. The number of rotatable bonds is 10. The molecule has 0 radical (unpaired) electrons. The van der Waals surface area contributed by atoms with E-state index in [0.29, 0.717) is 13.0 Å². The molecule has 1 aromatic carbocycles. The van der Waals surface area contributed by atoms with Crippen LogP contribution in [0.5, 0.6) is 0 Å². The number of ether oxygens (including phenoxy) is 1. The number of esters is 1. The van der Waals surface area contributed by atoms with Gasteiger partial charge in [-0.25, -0.2) is 0 Å². The van der Waals surface area contributed by atoms with Crippen molar-refractivity contribution in [3.63, 3.8) is 0 Å². The second kappa shape index (κ2) is 12.7. The number of aryl methyl sites for hydroxylation is 1. The normalized spacial score (nSPS) is 14.3. The van der Waals surface area contributed by atoms with E-state index in [-0.39, 0.29) is 11.4 Å². The van der Waals surface area contributed by atoms with Gasteiger partial charge in [0.25, 0.3) is 0 Å². The van der Waals surface area contributed by atoms with Crippen molar-refractivity contribution in [1.29, 1.82) is 0 Å². The van der Waals surface area contributed by atoms with Crippen molar-refractivity contribution in [2.45, 2.75) is 95.8 Å². The van der Waals surface area contributed by atoms with Crippen molar-refractivity contribution < 1.29 is 9.53 Å². The minimum absolute atomic E-state index is 0.170. The van der Waals surface area contributed by atoms with Gasteiger partial charge in [-0.05, 0) is 85.6 Å². The van der Waals surface area contributed by atoms with E-state index < -0.39 is 0 Å². The molecule has 0 saturated carbocycles. The van der Waals surface area contributed by atoms with Crippen LogP contribution >= 0.6 is 23.1 Å². The van der Waals surface area contributed by atoms with Crippen LogP contribution in [-0.2, 0) is 27.8 Å². The molecule has 1 aliphatic rings. The Labute approximate surface area is 208 Å². The summed E-state index contributed by atoms with van der Waals surface area (Å²) >= 11 is 3.62. The molecule has 178 valence electrons. The molecular weight excluding hydrogens is 444 g/mol. The molecule has 0 N–H and O–H groups in total. The molecule has 2 aromatic rings. The van der Waals surface area contributed by atoms with Crippen LogP contribution in [0.2, 0.25) is 0 Å². The second-order valence-electron chi connectivity index (χ2n) is 8.90. The average molecular weight is 483 g/mol. The van der Waals surface area contributed by atoms with Crippen molar-refractivity contribution in [3.05, 3.63) is 50.7 Å². The van der Waals surface area contributed by atoms with Crippen LogP contribution in [0.15, 0.2) is 29.2 Å². The van der Waals surface area contributed by atoms with E-state index >= 15 is 0 Å². The Hall–Kier alpha value is -1.70. The molecule has 0 spiro atoms. The van der Waals surface area contributed by atoms with Gasteiger partial charge in [-0.1, -0.05) is 51.9 Å². The first-order chi connectivity index (χ1) is 16.0. The predicted octanol–water partition coefficient (Wildman–Crippen LogP) is 7.93. The fourth-order valence-electron chi connectivity index (χ4n) is 4.72. The van der Waals surface area contributed by atoms with Crippen molar-refractivity contribution in [2.24, 2.45) is 0 Å². The lowest BCUT2D eigenvalue weighted by molar-refractivity contribution is -0.142. The zero-order chi connectivity index (χ0) is 23.7. The average Bonchev–Trinajstić information content (AvgIpc) is 3.27. The summed E-state index contributed by atoms with van der Waals surface area (Å²) in [5.41, 5.74) is 4.39. The molecule has 0 aliphatic carbocycles. The van der Waals surface area contributed by atoms with Gasteiger partial charge in [0.2, 0.25) is 0 Å². The lowest BCUT2D eigenvalue weighted by Crippen LogP contribution is -2.29. The number of carbonyl (C=O) groups excluding carboxylic acids is 1. The molecule has 2 heterocycles. The summed E-state index contributed by atoms with van der Waals surface area (Å²) in [4.78, 5) is 15.3. The largest absolute Gasteiger partial charge is 0.466 e. The molecule has 2 nitrogen and oxygen atoms in total. The first kappa shape index (κ1) is 25.9. The summed E-state index contributed by atoms with van der Waals surface area (Å²) in [6, 6.07) is 8.91. The van der Waals surface area contributed by atoms with Crippen LogP contribution in [0, 0.1) is 11.8 Å². The zero-order valence-corrected chi connectivity index (χ0v) is 22.4. The number of hydrogen-bond donors (Lipinski definition) is 0. The van der Waals surface area contributed by atoms with E-state index in [9.17, 15) is 4.79 Å². The maximum atomic E-state index is 11.8. The summed E-state index contributed by atoms with van der Waals surface area (Å²) in [5.74, 6) is 7.99. The highest BCUT2D eigenvalue weighted by Crippen LogP contribution is 2.47. The third-order valence-electron chi connectivity index (χ3n) is 6.87. The quantitative estimate of drug-likeness (QED) is 0.195. The van der Waals surface area contributed by atoms with Gasteiger partial charge >= 0.3 is 5.97 Å². The molecule has 0 bridgehead atoms. The first-order valence-corrected chi connectivity index (χ1v) is 14.4. The molecule has 3 rings (SSSR count). The number of carbonyl (C=O) groups is 1. The van der Waals surface area contributed by atoms with E-state index in [1.165, 1.54) is 72.3 Å². The van der Waals surface area contributed by atoms with Crippen molar-refractivity contribution in [1.82, 2.24) is 0 Å². The van der Waals surface area contributed by atoms with Gasteiger partial charge < -0.3 is 4.74 Å². The highest BCUT2D eigenvalue weighted by molar-refractivity contribution is 7.99. The van der Waals surface area contributed by atoms with Crippen LogP contribution in [0.25, 0.3) is 0 Å². The zero-order valence-electron chi connectivity index (χ0n) is 20.7. The van der Waals surface area contributed by atoms with Crippen molar-refractivity contribution in [2.75, 3.05) is 12.4 Å². The summed E-state index contributed by atoms with van der Waals surface area (Å²) in [6.45, 7) is 9.20. The van der Waals surface area contributed by atoms with Crippen molar-refractivity contribution in [3.8, 4) is 11.8 Å². The Kier molecular flexibility index (Phi) is 9.95. The molecule has 0 amide bonds. The predicted molar refractivity (Wildman–Crippen MR) is 143 cm³/mol. The Morgan fingerprint density at radius 3 is 2.61 bits per heavy atom. The van der Waals surface area contributed by atoms with Crippen LogP contribution in [0.3, 0.4) is 0 Å². The topological polar surface area (TPSA) is 26.3 Å². The van der Waals surface area contributed by atoms with Crippen LogP contribution in [0.4, 0.5) is 0 Å². The van der Waals surface area contributed by atoms with Gasteiger partial charge in [-0.3, -0.25) is 4.79 Å². The molecule has 0 unspecified atom stereocenters. The number of benzene rings is 1. The minimum Gasteiger partial charge on any atom is -0.466 e. The van der Waals surface area contributed by atoms with Gasteiger partial charge in [0, 0.05) is 15.3 Å². The fraction of sp³-hybridized carbons (Fsp3) is 0.552. The molecule has 0 atom stereocenters. The highest BCUT2D eigenvalue weighted by atomic mass is 32.2. The summed E-state index contributed by atoms with van der Waals surface area (Å²) in [5, 5.41) is 0. The van der Waals surface area contributed by atoms with Gasteiger partial charge in [-0.15, -0.1) is 23.1 Å². The van der Waals surface area contributed by atoms with Crippen LogP contribution in [-0.4, -0.2) is 18.3 Å². The maximum Gasteiger partial charge on any atom is 0.311 e. The van der Waals surface area contributed by atoms with Gasteiger partial charge in [0.15, 0.2) is 0 Å². The Morgan fingerprint density at radius 1 is 1.06 bits per heavy atom. The first-order valence-electron chi connectivity index (χ1n) is 12.6. The van der Waals surface area contributed by atoms with Crippen molar-refractivity contribution >= 4 is 29.1 Å².